The molecule has 0 aliphatic rings. The highest BCUT2D eigenvalue weighted by Gasteiger charge is 2.17. The minimum Gasteiger partial charge on any atom is -0.394 e. The second-order valence-electron chi connectivity index (χ2n) is 13.7. The molecular formula is C46H79NO3. The molecule has 3 N–H and O–H groups in total. The number of amides is 1. The molecule has 0 aromatic heterocycles. The van der Waals surface area contributed by atoms with E-state index in [9.17, 15) is 15.0 Å². The number of unbranched alkanes of at least 4 members (excludes halogenated alkanes) is 18. The van der Waals surface area contributed by atoms with E-state index >= 15 is 0 Å². The van der Waals surface area contributed by atoms with Gasteiger partial charge in [0, 0.05) is 6.42 Å². The molecule has 4 nitrogen and oxygen atoms in total. The van der Waals surface area contributed by atoms with Gasteiger partial charge in [0.25, 0.3) is 0 Å². The van der Waals surface area contributed by atoms with E-state index in [1.807, 2.05) is 18.2 Å². The minimum atomic E-state index is -0.906. The molecule has 0 radical (unpaired) electrons. The van der Waals surface area contributed by atoms with Crippen molar-refractivity contribution in [2.45, 2.75) is 193 Å². The van der Waals surface area contributed by atoms with E-state index in [2.05, 4.69) is 79.9 Å². The van der Waals surface area contributed by atoms with E-state index in [-0.39, 0.29) is 18.9 Å². The van der Waals surface area contributed by atoms with Crippen LogP contribution in [0.1, 0.15) is 181 Å². The lowest BCUT2D eigenvalue weighted by molar-refractivity contribution is -0.122. The summed E-state index contributed by atoms with van der Waals surface area (Å²) in [5.41, 5.74) is 0. The Hall–Kier alpha value is -2.43. The molecule has 1 amide bonds. The van der Waals surface area contributed by atoms with Crippen molar-refractivity contribution in [3.05, 3.63) is 85.1 Å². The Balaban J connectivity index is 3.74. The number of allylic oxidation sites excluding steroid dienone is 12. The lowest BCUT2D eigenvalue weighted by atomic mass is 10.0. The van der Waals surface area contributed by atoms with Crippen molar-refractivity contribution in [2.75, 3.05) is 6.61 Å². The van der Waals surface area contributed by atoms with Gasteiger partial charge in [0.15, 0.2) is 0 Å². The number of aliphatic hydroxyl groups excluding tert-OH is 2. The molecule has 286 valence electrons. The number of rotatable bonds is 36. The highest BCUT2D eigenvalue weighted by atomic mass is 16.3. The number of hydrogen-bond donors (Lipinski definition) is 3. The number of hydrogen-bond acceptors (Lipinski definition) is 3. The average Bonchev–Trinajstić information content (AvgIpc) is 3.12. The van der Waals surface area contributed by atoms with Crippen LogP contribution in [0.15, 0.2) is 85.1 Å². The molecule has 4 heteroatoms. The Morgan fingerprint density at radius 2 is 0.900 bits per heavy atom. The van der Waals surface area contributed by atoms with Gasteiger partial charge in [-0.25, -0.2) is 0 Å². The fraction of sp³-hybridized carbons (Fsp3) is 0.674. The zero-order chi connectivity index (χ0) is 36.4. The van der Waals surface area contributed by atoms with E-state index in [4.69, 9.17) is 0 Å². The third kappa shape index (κ3) is 36.8. The molecule has 0 saturated heterocycles. The van der Waals surface area contributed by atoms with Crippen LogP contribution in [0.4, 0.5) is 0 Å². The van der Waals surface area contributed by atoms with Crippen molar-refractivity contribution < 1.29 is 15.0 Å². The molecule has 0 aliphatic carbocycles. The van der Waals surface area contributed by atoms with E-state index in [0.717, 1.165) is 51.4 Å². The molecular weight excluding hydrogens is 615 g/mol. The van der Waals surface area contributed by atoms with E-state index in [1.54, 1.807) is 6.08 Å². The first-order valence-electron chi connectivity index (χ1n) is 20.8. The summed E-state index contributed by atoms with van der Waals surface area (Å²) in [4.78, 5) is 12.3. The zero-order valence-electron chi connectivity index (χ0n) is 32.6. The fourth-order valence-electron chi connectivity index (χ4n) is 5.73. The Bertz CT molecular complexity index is 926. The smallest absolute Gasteiger partial charge is 0.224 e. The van der Waals surface area contributed by atoms with Crippen LogP contribution in [0.5, 0.6) is 0 Å². The second-order valence-corrected chi connectivity index (χ2v) is 13.7. The van der Waals surface area contributed by atoms with Gasteiger partial charge in [0.05, 0.1) is 18.8 Å². The van der Waals surface area contributed by atoms with Crippen LogP contribution in [0.2, 0.25) is 0 Å². The van der Waals surface area contributed by atoms with Crippen LogP contribution >= 0.6 is 0 Å². The number of nitrogens with one attached hydrogen (secondary N) is 1. The van der Waals surface area contributed by atoms with Gasteiger partial charge in [0.2, 0.25) is 5.91 Å². The molecule has 2 atom stereocenters. The summed E-state index contributed by atoms with van der Waals surface area (Å²) < 4.78 is 0. The molecule has 0 spiro atoms. The Morgan fingerprint density at radius 1 is 0.500 bits per heavy atom. The van der Waals surface area contributed by atoms with Crippen LogP contribution in [0.3, 0.4) is 0 Å². The van der Waals surface area contributed by atoms with Gasteiger partial charge in [-0.1, -0.05) is 202 Å². The molecule has 0 saturated carbocycles. The van der Waals surface area contributed by atoms with Gasteiger partial charge < -0.3 is 15.5 Å². The van der Waals surface area contributed by atoms with Crippen LogP contribution in [0.25, 0.3) is 0 Å². The summed E-state index contributed by atoms with van der Waals surface area (Å²) in [6.45, 7) is 4.13. The first-order valence-corrected chi connectivity index (χ1v) is 20.8. The first-order chi connectivity index (χ1) is 24.7. The number of carbonyl (C=O) groups excluding carboxylic acids is 1. The van der Waals surface area contributed by atoms with Crippen molar-refractivity contribution in [3.8, 4) is 0 Å². The molecule has 0 rings (SSSR count). The zero-order valence-corrected chi connectivity index (χ0v) is 32.6. The van der Waals surface area contributed by atoms with Gasteiger partial charge in [-0.15, -0.1) is 0 Å². The molecule has 50 heavy (non-hydrogen) atoms. The fourth-order valence-corrected chi connectivity index (χ4v) is 5.73. The second kappa shape index (κ2) is 41.0. The van der Waals surface area contributed by atoms with Gasteiger partial charge in [0.1, 0.15) is 0 Å². The normalized spacial score (nSPS) is 13.9. The van der Waals surface area contributed by atoms with E-state index in [0.29, 0.717) is 0 Å². The van der Waals surface area contributed by atoms with Crippen LogP contribution in [-0.4, -0.2) is 34.9 Å². The SMILES string of the molecule is CC/C=C\C/C=C\C/C=C\C/C=C\C/C=C\CC(=O)NC(CO)C(O)/C=C/CC/C=C/CCCCCCCCCCCCCCCCCCC. The summed E-state index contributed by atoms with van der Waals surface area (Å²) in [5.74, 6) is -0.204. The maximum atomic E-state index is 12.3. The molecule has 0 heterocycles. The largest absolute Gasteiger partial charge is 0.394 e. The summed E-state index contributed by atoms with van der Waals surface area (Å²) in [6.07, 6.45) is 60.0. The van der Waals surface area contributed by atoms with Crippen LogP contribution < -0.4 is 5.32 Å². The van der Waals surface area contributed by atoms with Crippen LogP contribution in [0, 0.1) is 0 Å². The van der Waals surface area contributed by atoms with E-state index < -0.39 is 12.1 Å². The molecule has 0 aromatic rings. The lowest BCUT2D eigenvalue weighted by Gasteiger charge is -2.19. The van der Waals surface area contributed by atoms with Gasteiger partial charge in [-0.3, -0.25) is 4.79 Å². The summed E-state index contributed by atoms with van der Waals surface area (Å²) >= 11 is 0. The summed E-state index contributed by atoms with van der Waals surface area (Å²) in [6, 6.07) is -0.697. The first kappa shape index (κ1) is 47.6. The third-order valence-electron chi connectivity index (χ3n) is 8.89. The maximum Gasteiger partial charge on any atom is 0.224 e. The highest BCUT2D eigenvalue weighted by Crippen LogP contribution is 2.14. The van der Waals surface area contributed by atoms with Crippen molar-refractivity contribution in [1.82, 2.24) is 5.32 Å². The predicted molar refractivity (Wildman–Crippen MR) is 220 cm³/mol. The van der Waals surface area contributed by atoms with Crippen LogP contribution in [-0.2, 0) is 4.79 Å². The van der Waals surface area contributed by atoms with Crippen molar-refractivity contribution in [1.29, 1.82) is 0 Å². The van der Waals surface area contributed by atoms with Crippen molar-refractivity contribution >= 4 is 5.91 Å². The monoisotopic (exact) mass is 694 g/mol. The minimum absolute atomic E-state index is 0.204. The quantitative estimate of drug-likeness (QED) is 0.0452. The third-order valence-corrected chi connectivity index (χ3v) is 8.89. The Labute approximate surface area is 310 Å². The number of aliphatic hydroxyl groups is 2. The topological polar surface area (TPSA) is 69.6 Å². The van der Waals surface area contributed by atoms with Crippen molar-refractivity contribution in [2.24, 2.45) is 0 Å². The Morgan fingerprint density at radius 3 is 1.36 bits per heavy atom. The summed E-state index contributed by atoms with van der Waals surface area (Å²) in [5, 5.41) is 22.8. The van der Waals surface area contributed by atoms with Gasteiger partial charge >= 0.3 is 0 Å². The van der Waals surface area contributed by atoms with E-state index in [1.165, 1.54) is 109 Å². The Kier molecular flexibility index (Phi) is 39.0. The number of carbonyl (C=O) groups is 1. The predicted octanol–water partition coefficient (Wildman–Crippen LogP) is 12.9. The van der Waals surface area contributed by atoms with Crippen molar-refractivity contribution in [3.63, 3.8) is 0 Å². The maximum absolute atomic E-state index is 12.3. The summed E-state index contributed by atoms with van der Waals surface area (Å²) in [7, 11) is 0. The molecule has 2 unspecified atom stereocenters. The van der Waals surface area contributed by atoms with Gasteiger partial charge in [-0.05, 0) is 57.8 Å². The molecule has 0 bridgehead atoms. The standard InChI is InChI=1S/C46H79NO3/c1-3-5-7-9-11-13-15-17-19-20-21-22-23-24-25-26-28-29-31-33-35-37-39-41-45(49)44(43-48)47-46(50)42-40-38-36-34-32-30-27-18-16-14-12-10-8-6-4-2/h6,8,12,14,18,27,31-34,38-41,44-45,48-49H,3-5,7,9-11,13,15-17,19-26,28-30,35-37,42-43H2,1-2H3,(H,47,50)/b8-6-,14-12-,27-18-,33-31+,34-32-,40-38-,41-39+. The van der Waals surface area contributed by atoms with Gasteiger partial charge in [-0.2, -0.15) is 0 Å². The lowest BCUT2D eigenvalue weighted by Crippen LogP contribution is -2.44. The molecule has 0 aromatic carbocycles. The highest BCUT2D eigenvalue weighted by molar-refractivity contribution is 5.77. The average molecular weight is 694 g/mol. The molecule has 0 aliphatic heterocycles. The molecule has 0 fully saturated rings.